The Hall–Kier alpha value is -2.27. The molecule has 0 aliphatic carbocycles. The highest BCUT2D eigenvalue weighted by Gasteiger charge is 2.29. The third kappa shape index (κ3) is 4.09. The van der Waals surface area contributed by atoms with Gasteiger partial charge in [0.1, 0.15) is 11.3 Å². The summed E-state index contributed by atoms with van der Waals surface area (Å²) >= 11 is 5.99. The first-order chi connectivity index (χ1) is 13.2. The number of carbonyl (C=O) groups is 1. The van der Waals surface area contributed by atoms with Gasteiger partial charge in [-0.15, -0.1) is 0 Å². The van der Waals surface area contributed by atoms with E-state index < -0.39 is 21.7 Å². The number of rotatable bonds is 5. The number of nitrogens with one attached hydrogen (secondary N) is 1. The minimum absolute atomic E-state index is 0.0803. The molecule has 2 heterocycles. The van der Waals surface area contributed by atoms with Crippen molar-refractivity contribution in [3.8, 4) is 0 Å². The first kappa shape index (κ1) is 20.5. The van der Waals surface area contributed by atoms with Crippen molar-refractivity contribution in [2.24, 2.45) is 5.73 Å². The number of nitrogens with two attached hydrogens (primary N) is 1. The van der Waals surface area contributed by atoms with E-state index in [9.17, 15) is 17.6 Å². The normalized spacial score (nSPS) is 15.5. The highest BCUT2D eigenvalue weighted by atomic mass is 35.5. The molecule has 0 saturated carbocycles. The molecule has 0 radical (unpaired) electrons. The number of ether oxygens (including phenoxy) is 1. The minimum atomic E-state index is -3.89. The zero-order chi connectivity index (χ0) is 20.5. The lowest BCUT2D eigenvalue weighted by atomic mass is 10.2. The molecule has 1 aliphatic heterocycles. The van der Waals surface area contributed by atoms with Crippen molar-refractivity contribution >= 4 is 27.5 Å². The summed E-state index contributed by atoms with van der Waals surface area (Å²) in [6.07, 6.45) is 1.35. The predicted molar refractivity (Wildman–Crippen MR) is 98.9 cm³/mol. The molecule has 1 aromatic carbocycles. The lowest BCUT2D eigenvalue weighted by Gasteiger charge is -2.27. The highest BCUT2D eigenvalue weighted by molar-refractivity contribution is 7.89. The Kier molecular flexibility index (Phi) is 5.84. The second-order valence-electron chi connectivity index (χ2n) is 6.18. The maximum Gasteiger partial charge on any atom is 0.252 e. The summed E-state index contributed by atoms with van der Waals surface area (Å²) in [5, 5.41) is 8.27. The Morgan fingerprint density at radius 1 is 1.29 bits per heavy atom. The van der Waals surface area contributed by atoms with Crippen LogP contribution in [0.15, 0.2) is 35.4 Å². The average molecular weight is 429 g/mol. The fourth-order valence-electron chi connectivity index (χ4n) is 2.96. The number of morpholine rings is 1. The fraction of sp³-hybridized carbons (Fsp3) is 0.294. The molecule has 28 heavy (non-hydrogen) atoms. The van der Waals surface area contributed by atoms with E-state index in [4.69, 9.17) is 27.5 Å². The van der Waals surface area contributed by atoms with Gasteiger partial charge < -0.3 is 15.0 Å². The molecule has 0 bridgehead atoms. The van der Waals surface area contributed by atoms with Gasteiger partial charge in [0, 0.05) is 19.3 Å². The molecule has 1 fully saturated rings. The number of amides is 1. The highest BCUT2D eigenvalue weighted by Crippen LogP contribution is 2.23. The summed E-state index contributed by atoms with van der Waals surface area (Å²) in [5.41, 5.74) is 5.01. The molecule has 8 nitrogen and oxygen atoms in total. The standard InChI is InChI=1S/C17H18ClFN4O4S/c18-12-8-14(17(21)24)16(20)22(10-12)9-11-7-13(19)1-2-15(11)28(25,26)23-3-5-27-6-4-23/h1-2,7-8,10,20H,3-6,9H2,(H2,21,24). The van der Waals surface area contributed by atoms with Crippen molar-refractivity contribution in [2.45, 2.75) is 11.4 Å². The smallest absolute Gasteiger partial charge is 0.252 e. The summed E-state index contributed by atoms with van der Waals surface area (Å²) in [6.45, 7) is 0.754. The molecule has 150 valence electrons. The summed E-state index contributed by atoms with van der Waals surface area (Å²) in [4.78, 5) is 11.4. The number of benzene rings is 1. The molecule has 11 heteroatoms. The maximum atomic E-state index is 13.9. The number of pyridine rings is 1. The molecule has 1 saturated heterocycles. The number of hydrogen-bond donors (Lipinski definition) is 2. The minimum Gasteiger partial charge on any atom is -0.379 e. The van der Waals surface area contributed by atoms with Crippen LogP contribution in [-0.2, 0) is 21.3 Å². The Labute approximate surface area is 165 Å². The van der Waals surface area contributed by atoms with Crippen molar-refractivity contribution in [3.63, 3.8) is 0 Å². The number of sulfonamides is 1. The van der Waals surface area contributed by atoms with Crippen molar-refractivity contribution < 1.29 is 22.3 Å². The van der Waals surface area contributed by atoms with Crippen LogP contribution in [-0.4, -0.2) is 49.5 Å². The van der Waals surface area contributed by atoms with Gasteiger partial charge in [-0.25, -0.2) is 12.8 Å². The topological polar surface area (TPSA) is 118 Å². The summed E-state index contributed by atoms with van der Waals surface area (Å²) in [5.74, 6) is -1.47. The zero-order valence-electron chi connectivity index (χ0n) is 14.7. The quantitative estimate of drug-likeness (QED) is 0.736. The molecule has 0 atom stereocenters. The van der Waals surface area contributed by atoms with E-state index >= 15 is 0 Å². The van der Waals surface area contributed by atoms with Gasteiger partial charge in [0.05, 0.1) is 35.2 Å². The second-order valence-corrected chi connectivity index (χ2v) is 8.52. The van der Waals surface area contributed by atoms with Crippen molar-refractivity contribution in [3.05, 3.63) is 57.9 Å². The second kappa shape index (κ2) is 8.00. The molecule has 3 N–H and O–H groups in total. The van der Waals surface area contributed by atoms with Gasteiger partial charge >= 0.3 is 0 Å². The lowest BCUT2D eigenvalue weighted by Crippen LogP contribution is -2.41. The number of carbonyl (C=O) groups excluding carboxylic acids is 1. The molecular formula is C17H18ClFN4O4S. The Morgan fingerprint density at radius 2 is 1.96 bits per heavy atom. The van der Waals surface area contributed by atoms with E-state index in [2.05, 4.69) is 0 Å². The van der Waals surface area contributed by atoms with Crippen LogP contribution in [0.3, 0.4) is 0 Å². The first-order valence-corrected chi connectivity index (χ1v) is 10.1. The molecule has 2 aromatic rings. The number of aromatic nitrogens is 1. The maximum absolute atomic E-state index is 13.9. The van der Waals surface area contributed by atoms with E-state index in [1.165, 1.54) is 27.2 Å². The van der Waals surface area contributed by atoms with Crippen molar-refractivity contribution in [1.29, 1.82) is 5.41 Å². The summed E-state index contributed by atoms with van der Waals surface area (Å²) < 4.78 is 47.6. The van der Waals surface area contributed by atoms with Gasteiger partial charge in [0.2, 0.25) is 10.0 Å². The average Bonchev–Trinajstić information content (AvgIpc) is 2.65. The van der Waals surface area contributed by atoms with E-state index in [0.717, 1.165) is 12.1 Å². The largest absolute Gasteiger partial charge is 0.379 e. The van der Waals surface area contributed by atoms with Gasteiger partial charge in [-0.3, -0.25) is 10.2 Å². The van der Waals surface area contributed by atoms with E-state index in [1.54, 1.807) is 0 Å². The fourth-order valence-corrected chi connectivity index (χ4v) is 4.79. The third-order valence-electron chi connectivity index (χ3n) is 4.32. The number of halogens is 2. The van der Waals surface area contributed by atoms with Crippen LogP contribution in [0.5, 0.6) is 0 Å². The molecule has 1 aliphatic rings. The molecule has 1 amide bonds. The molecule has 0 unspecified atom stereocenters. The molecule has 3 rings (SSSR count). The van der Waals surface area contributed by atoms with Crippen LogP contribution < -0.4 is 11.2 Å². The van der Waals surface area contributed by atoms with Crippen LogP contribution in [0.4, 0.5) is 4.39 Å². The van der Waals surface area contributed by atoms with Gasteiger partial charge in [-0.2, -0.15) is 4.31 Å². The van der Waals surface area contributed by atoms with Crippen LogP contribution in [0.2, 0.25) is 5.02 Å². The van der Waals surface area contributed by atoms with Crippen LogP contribution >= 0.6 is 11.6 Å². The van der Waals surface area contributed by atoms with Crippen molar-refractivity contribution in [1.82, 2.24) is 8.87 Å². The SMILES string of the molecule is N=c1c(C(N)=O)cc(Cl)cn1Cc1cc(F)ccc1S(=O)(=O)N1CCOCC1. The molecule has 0 spiro atoms. The summed E-state index contributed by atoms with van der Waals surface area (Å²) in [7, 11) is -3.89. The molecular weight excluding hydrogens is 411 g/mol. The predicted octanol–water partition coefficient (Wildman–Crippen LogP) is 0.928. The summed E-state index contributed by atoms with van der Waals surface area (Å²) in [6, 6.07) is 4.60. The monoisotopic (exact) mass is 428 g/mol. The third-order valence-corrected chi connectivity index (χ3v) is 6.53. The molecule has 1 aromatic heterocycles. The van der Waals surface area contributed by atoms with E-state index in [1.807, 2.05) is 0 Å². The number of nitrogens with zero attached hydrogens (tertiary/aromatic N) is 2. The first-order valence-electron chi connectivity index (χ1n) is 8.31. The van der Waals surface area contributed by atoms with Gasteiger partial charge in [-0.1, -0.05) is 11.6 Å². The van der Waals surface area contributed by atoms with E-state index in [-0.39, 0.29) is 59.4 Å². The van der Waals surface area contributed by atoms with Crippen LogP contribution in [0.25, 0.3) is 0 Å². The Morgan fingerprint density at radius 3 is 2.61 bits per heavy atom. The van der Waals surface area contributed by atoms with Gasteiger partial charge in [0.25, 0.3) is 5.91 Å². The zero-order valence-corrected chi connectivity index (χ0v) is 16.3. The lowest BCUT2D eigenvalue weighted by molar-refractivity contribution is 0.0730. The van der Waals surface area contributed by atoms with Crippen LogP contribution in [0, 0.1) is 11.2 Å². The van der Waals surface area contributed by atoms with Crippen molar-refractivity contribution in [2.75, 3.05) is 26.3 Å². The van der Waals surface area contributed by atoms with Gasteiger partial charge in [-0.05, 0) is 29.8 Å². The van der Waals surface area contributed by atoms with E-state index in [0.29, 0.717) is 0 Å². The number of primary amides is 1. The van der Waals surface area contributed by atoms with Crippen LogP contribution in [0.1, 0.15) is 15.9 Å². The Bertz CT molecular complexity index is 1080. The Balaban J connectivity index is 2.08. The van der Waals surface area contributed by atoms with Gasteiger partial charge in [0.15, 0.2) is 0 Å². The number of hydrogen-bond acceptors (Lipinski definition) is 5.